The van der Waals surface area contributed by atoms with Crippen molar-refractivity contribution in [3.63, 3.8) is 0 Å². The first-order valence-electron chi connectivity index (χ1n) is 10.5. The highest BCUT2D eigenvalue weighted by molar-refractivity contribution is 7.99. The maximum atomic E-state index is 13.9. The highest BCUT2D eigenvalue weighted by Gasteiger charge is 2.19. The quantitative estimate of drug-likeness (QED) is 0.381. The molecule has 0 fully saturated rings. The fourth-order valence-corrected chi connectivity index (χ4v) is 4.33. The molecule has 34 heavy (non-hydrogen) atoms. The number of hydrogen-bond donors (Lipinski definition) is 1. The Morgan fingerprint density at radius 2 is 1.82 bits per heavy atom. The predicted molar refractivity (Wildman–Crippen MR) is 128 cm³/mol. The summed E-state index contributed by atoms with van der Waals surface area (Å²) in [5.41, 5.74) is 0.677. The van der Waals surface area contributed by atoms with Crippen LogP contribution in [0.2, 0.25) is 0 Å². The van der Waals surface area contributed by atoms with Crippen molar-refractivity contribution < 1.29 is 18.7 Å². The molecule has 0 atom stereocenters. The van der Waals surface area contributed by atoms with Crippen LogP contribution in [0, 0.1) is 11.7 Å². The SMILES string of the molecule is COc1cc(NC(=O)CSc2nnc3n(CC(C)C)c(=O)c4cc(F)ccc4n23)cc(OC)c1. The Balaban J connectivity index is 1.65. The van der Waals surface area contributed by atoms with Crippen molar-refractivity contribution in [2.24, 2.45) is 5.92 Å². The third-order valence-electron chi connectivity index (χ3n) is 5.05. The minimum atomic E-state index is -0.504. The van der Waals surface area contributed by atoms with Gasteiger partial charge < -0.3 is 14.8 Å². The second-order valence-corrected chi connectivity index (χ2v) is 8.97. The first kappa shape index (κ1) is 23.6. The summed E-state index contributed by atoms with van der Waals surface area (Å²) < 4.78 is 27.6. The molecule has 178 valence electrons. The molecule has 0 aliphatic carbocycles. The number of benzene rings is 2. The number of amides is 1. The number of rotatable bonds is 8. The van der Waals surface area contributed by atoms with Crippen molar-refractivity contribution >= 4 is 40.0 Å². The number of carbonyl (C=O) groups is 1. The lowest BCUT2D eigenvalue weighted by Gasteiger charge is -2.13. The molecule has 1 amide bonds. The van der Waals surface area contributed by atoms with E-state index in [4.69, 9.17) is 9.47 Å². The van der Waals surface area contributed by atoms with Crippen LogP contribution in [0.3, 0.4) is 0 Å². The van der Waals surface area contributed by atoms with E-state index in [0.717, 1.165) is 11.8 Å². The van der Waals surface area contributed by atoms with Crippen LogP contribution in [0.4, 0.5) is 10.1 Å². The molecule has 2 aromatic heterocycles. The van der Waals surface area contributed by atoms with Gasteiger partial charge in [0.05, 0.1) is 30.9 Å². The van der Waals surface area contributed by atoms with Gasteiger partial charge in [0.2, 0.25) is 11.7 Å². The number of methoxy groups -OCH3 is 2. The Bertz CT molecular complexity index is 1410. The fourth-order valence-electron chi connectivity index (χ4n) is 3.59. The van der Waals surface area contributed by atoms with Gasteiger partial charge >= 0.3 is 0 Å². The molecular weight excluding hydrogens is 461 g/mol. The van der Waals surface area contributed by atoms with Gasteiger partial charge in [0.25, 0.3) is 5.56 Å². The molecule has 2 heterocycles. The number of ether oxygens (including phenoxy) is 2. The number of fused-ring (bicyclic) bond motifs is 3. The lowest BCUT2D eigenvalue weighted by Crippen LogP contribution is -2.25. The molecule has 0 radical (unpaired) electrons. The third kappa shape index (κ3) is 4.69. The molecule has 4 rings (SSSR count). The normalized spacial score (nSPS) is 11.4. The maximum Gasteiger partial charge on any atom is 0.262 e. The van der Waals surface area contributed by atoms with Crippen LogP contribution in [0.5, 0.6) is 11.5 Å². The molecule has 0 unspecified atom stereocenters. The van der Waals surface area contributed by atoms with Crippen molar-refractivity contribution in [2.45, 2.75) is 25.5 Å². The number of hydrogen-bond acceptors (Lipinski definition) is 7. The summed E-state index contributed by atoms with van der Waals surface area (Å²) in [7, 11) is 3.06. The van der Waals surface area contributed by atoms with E-state index in [0.29, 0.717) is 40.2 Å². The van der Waals surface area contributed by atoms with Crippen molar-refractivity contribution in [1.82, 2.24) is 19.2 Å². The zero-order valence-corrected chi connectivity index (χ0v) is 20.0. The monoisotopic (exact) mass is 485 g/mol. The molecule has 9 nitrogen and oxygen atoms in total. The van der Waals surface area contributed by atoms with Gasteiger partial charge in [-0.05, 0) is 24.1 Å². The van der Waals surface area contributed by atoms with Gasteiger partial charge in [0.1, 0.15) is 17.3 Å². The third-order valence-corrected chi connectivity index (χ3v) is 5.98. The second kappa shape index (κ2) is 9.72. The van der Waals surface area contributed by atoms with E-state index >= 15 is 0 Å². The number of nitrogens with one attached hydrogen (secondary N) is 1. The van der Waals surface area contributed by atoms with Gasteiger partial charge in [-0.25, -0.2) is 4.39 Å². The molecule has 0 saturated heterocycles. The van der Waals surface area contributed by atoms with Crippen LogP contribution >= 0.6 is 11.8 Å². The number of anilines is 1. The summed E-state index contributed by atoms with van der Waals surface area (Å²) >= 11 is 1.16. The zero-order valence-electron chi connectivity index (χ0n) is 19.2. The average Bonchev–Trinajstić information content (AvgIpc) is 3.23. The van der Waals surface area contributed by atoms with Crippen LogP contribution in [0.1, 0.15) is 13.8 Å². The summed E-state index contributed by atoms with van der Waals surface area (Å²) in [4.78, 5) is 25.7. The number of thioether (sulfide) groups is 1. The Labute approximate surface area is 198 Å². The molecule has 0 aliphatic rings. The molecule has 0 bridgehead atoms. The molecule has 0 saturated carbocycles. The van der Waals surface area contributed by atoms with Gasteiger partial charge in [-0.1, -0.05) is 25.6 Å². The lowest BCUT2D eigenvalue weighted by molar-refractivity contribution is -0.113. The standard InChI is InChI=1S/C23H24FN5O4S/c1-13(2)11-28-21(31)18-7-14(24)5-6-19(18)29-22(28)26-27-23(29)34-12-20(30)25-15-8-16(32-3)10-17(9-15)33-4/h5-10,13H,11-12H2,1-4H3,(H,25,30). The van der Waals surface area contributed by atoms with Gasteiger partial charge in [0.15, 0.2) is 5.16 Å². The van der Waals surface area contributed by atoms with Crippen molar-refractivity contribution in [3.05, 3.63) is 52.6 Å². The predicted octanol–water partition coefficient (Wildman–Crippen LogP) is 3.59. The number of nitrogens with zero attached hydrogens (tertiary/aromatic N) is 4. The molecule has 0 aliphatic heterocycles. The smallest absolute Gasteiger partial charge is 0.262 e. The summed E-state index contributed by atoms with van der Waals surface area (Å²) in [6, 6.07) is 9.09. The Morgan fingerprint density at radius 1 is 1.12 bits per heavy atom. The molecule has 4 aromatic rings. The number of carbonyl (C=O) groups excluding carboxylic acids is 1. The summed E-state index contributed by atoms with van der Waals surface area (Å²) in [5, 5.41) is 11.9. The Hall–Kier alpha value is -3.60. The number of aromatic nitrogens is 4. The van der Waals surface area contributed by atoms with E-state index < -0.39 is 5.82 Å². The maximum absolute atomic E-state index is 13.9. The van der Waals surface area contributed by atoms with Gasteiger partial charge in [-0.15, -0.1) is 10.2 Å². The van der Waals surface area contributed by atoms with Crippen LogP contribution < -0.4 is 20.3 Å². The fraction of sp³-hybridized carbons (Fsp3) is 0.304. The first-order chi connectivity index (χ1) is 16.3. The average molecular weight is 486 g/mol. The van der Waals surface area contributed by atoms with E-state index in [1.54, 1.807) is 22.6 Å². The van der Waals surface area contributed by atoms with E-state index in [1.165, 1.54) is 37.0 Å². The van der Waals surface area contributed by atoms with Crippen molar-refractivity contribution in [2.75, 3.05) is 25.3 Å². The van der Waals surface area contributed by atoms with Gasteiger partial charge in [-0.2, -0.15) is 0 Å². The number of halogens is 1. The highest BCUT2D eigenvalue weighted by atomic mass is 32.2. The molecule has 2 aromatic carbocycles. The molecule has 1 N–H and O–H groups in total. The van der Waals surface area contributed by atoms with Crippen LogP contribution in [-0.2, 0) is 11.3 Å². The van der Waals surface area contributed by atoms with Crippen LogP contribution in [0.15, 0.2) is 46.3 Å². The topological polar surface area (TPSA) is 99.7 Å². The van der Waals surface area contributed by atoms with Crippen LogP contribution in [0.25, 0.3) is 16.7 Å². The minimum Gasteiger partial charge on any atom is -0.497 e. The van der Waals surface area contributed by atoms with Gasteiger partial charge in [-0.3, -0.25) is 18.6 Å². The van der Waals surface area contributed by atoms with Crippen LogP contribution in [-0.4, -0.2) is 45.0 Å². The lowest BCUT2D eigenvalue weighted by atomic mass is 10.2. The summed E-state index contributed by atoms with van der Waals surface area (Å²) in [6.07, 6.45) is 0. The minimum absolute atomic E-state index is 0.0340. The van der Waals surface area contributed by atoms with Gasteiger partial charge in [0, 0.05) is 30.4 Å². The molecule has 0 spiro atoms. The highest BCUT2D eigenvalue weighted by Crippen LogP contribution is 2.27. The Kier molecular flexibility index (Phi) is 6.73. The van der Waals surface area contributed by atoms with E-state index in [1.807, 2.05) is 13.8 Å². The van der Waals surface area contributed by atoms with Crippen molar-refractivity contribution in [1.29, 1.82) is 0 Å². The molecular formula is C23H24FN5O4S. The van der Waals surface area contributed by atoms with E-state index in [9.17, 15) is 14.0 Å². The van der Waals surface area contributed by atoms with E-state index in [-0.39, 0.29) is 28.5 Å². The van der Waals surface area contributed by atoms with E-state index in [2.05, 4.69) is 15.5 Å². The summed E-state index contributed by atoms with van der Waals surface area (Å²) in [5.74, 6) is 0.856. The van der Waals surface area contributed by atoms with Crippen molar-refractivity contribution in [3.8, 4) is 11.5 Å². The molecule has 11 heteroatoms. The Morgan fingerprint density at radius 3 is 2.47 bits per heavy atom. The first-order valence-corrected chi connectivity index (χ1v) is 11.5. The second-order valence-electron chi connectivity index (χ2n) is 8.03. The largest absolute Gasteiger partial charge is 0.497 e. The summed E-state index contributed by atoms with van der Waals surface area (Å²) in [6.45, 7) is 4.35. The zero-order chi connectivity index (χ0) is 24.4.